The van der Waals surface area contributed by atoms with Gasteiger partial charge in [0.05, 0.1) is 6.54 Å². The van der Waals surface area contributed by atoms with E-state index in [9.17, 15) is 4.79 Å². The molecule has 0 radical (unpaired) electrons. The van der Waals surface area contributed by atoms with Crippen molar-refractivity contribution in [2.24, 2.45) is 0 Å². The average Bonchev–Trinajstić information content (AvgIpc) is 3.23. The Bertz CT molecular complexity index is 1100. The van der Waals surface area contributed by atoms with Gasteiger partial charge in [-0.2, -0.15) is 0 Å². The van der Waals surface area contributed by atoms with Crippen molar-refractivity contribution in [3.63, 3.8) is 0 Å². The van der Waals surface area contributed by atoms with Gasteiger partial charge in [-0.25, -0.2) is 0 Å². The van der Waals surface area contributed by atoms with Crippen LogP contribution in [0, 0.1) is 6.92 Å². The first-order valence-corrected chi connectivity index (χ1v) is 9.40. The van der Waals surface area contributed by atoms with Crippen molar-refractivity contribution in [3.8, 4) is 22.6 Å². The van der Waals surface area contributed by atoms with Crippen LogP contribution >= 0.6 is 0 Å². The third kappa shape index (κ3) is 4.24. The minimum atomic E-state index is -0.0975. The summed E-state index contributed by atoms with van der Waals surface area (Å²) in [4.78, 5) is 14.3. The molecule has 0 N–H and O–H groups in total. The molecule has 0 atom stereocenters. The highest BCUT2D eigenvalue weighted by molar-refractivity contribution is 5.94. The lowest BCUT2D eigenvalue weighted by Gasteiger charge is -2.15. The first-order chi connectivity index (χ1) is 14.1. The molecule has 0 fully saturated rings. The Balaban J connectivity index is 1.44. The minimum absolute atomic E-state index is 0.0975. The predicted octanol–water partition coefficient (Wildman–Crippen LogP) is 4.98. The SMILES string of the molecule is Cc1ccc(-c2nnc(CN(C)C(=O)c3ccc(-c4ccccc4)cc3)o2)cc1. The average molecular weight is 383 g/mol. The second kappa shape index (κ2) is 8.10. The van der Waals surface area contributed by atoms with Gasteiger partial charge in [0.2, 0.25) is 11.8 Å². The van der Waals surface area contributed by atoms with E-state index < -0.39 is 0 Å². The minimum Gasteiger partial charge on any atom is -0.419 e. The van der Waals surface area contributed by atoms with Crippen LogP contribution in [0.15, 0.2) is 83.3 Å². The summed E-state index contributed by atoms with van der Waals surface area (Å²) in [6, 6.07) is 25.5. The van der Waals surface area contributed by atoms with Crippen LogP contribution in [0.2, 0.25) is 0 Å². The Hall–Kier alpha value is -3.73. The molecule has 0 saturated heterocycles. The lowest BCUT2D eigenvalue weighted by atomic mass is 10.0. The Labute approximate surface area is 169 Å². The van der Waals surface area contributed by atoms with E-state index in [0.717, 1.165) is 22.3 Å². The monoisotopic (exact) mass is 383 g/mol. The zero-order valence-corrected chi connectivity index (χ0v) is 16.4. The van der Waals surface area contributed by atoms with Crippen LogP contribution in [0.1, 0.15) is 21.8 Å². The molecule has 0 aliphatic rings. The number of rotatable bonds is 5. The first-order valence-electron chi connectivity index (χ1n) is 9.40. The Morgan fingerprint density at radius 1 is 0.828 bits per heavy atom. The van der Waals surface area contributed by atoms with Crippen LogP contribution in [0.25, 0.3) is 22.6 Å². The number of aromatic nitrogens is 2. The molecule has 0 bridgehead atoms. The Morgan fingerprint density at radius 3 is 2.14 bits per heavy atom. The molecule has 1 amide bonds. The fraction of sp³-hybridized carbons (Fsp3) is 0.125. The third-order valence-corrected chi connectivity index (χ3v) is 4.72. The number of aryl methyl sites for hydroxylation is 1. The number of carbonyl (C=O) groups excluding carboxylic acids is 1. The van der Waals surface area contributed by atoms with Crippen molar-refractivity contribution in [1.29, 1.82) is 0 Å². The lowest BCUT2D eigenvalue weighted by Crippen LogP contribution is -2.26. The smallest absolute Gasteiger partial charge is 0.254 e. The number of hydrogen-bond donors (Lipinski definition) is 0. The Morgan fingerprint density at radius 2 is 1.45 bits per heavy atom. The molecular formula is C24H21N3O2. The maximum Gasteiger partial charge on any atom is 0.254 e. The zero-order chi connectivity index (χ0) is 20.2. The summed E-state index contributed by atoms with van der Waals surface area (Å²) in [5, 5.41) is 8.17. The van der Waals surface area contributed by atoms with E-state index in [-0.39, 0.29) is 12.5 Å². The molecule has 1 aromatic heterocycles. The molecular weight excluding hydrogens is 362 g/mol. The molecule has 3 aromatic carbocycles. The zero-order valence-electron chi connectivity index (χ0n) is 16.4. The van der Waals surface area contributed by atoms with E-state index in [0.29, 0.717) is 17.3 Å². The summed E-state index contributed by atoms with van der Waals surface area (Å²) in [7, 11) is 1.73. The molecule has 5 heteroatoms. The summed E-state index contributed by atoms with van der Waals surface area (Å²) in [6.45, 7) is 2.27. The van der Waals surface area contributed by atoms with Gasteiger partial charge in [0.25, 0.3) is 5.91 Å². The highest BCUT2D eigenvalue weighted by Crippen LogP contribution is 2.21. The largest absolute Gasteiger partial charge is 0.419 e. The molecule has 0 aliphatic carbocycles. The van der Waals surface area contributed by atoms with E-state index in [1.165, 1.54) is 0 Å². The maximum atomic E-state index is 12.7. The highest BCUT2D eigenvalue weighted by Gasteiger charge is 2.16. The molecule has 0 saturated carbocycles. The molecule has 4 aromatic rings. The molecule has 0 spiro atoms. The summed E-state index contributed by atoms with van der Waals surface area (Å²) in [6.07, 6.45) is 0. The second-order valence-electron chi connectivity index (χ2n) is 6.97. The molecule has 5 nitrogen and oxygen atoms in total. The van der Waals surface area contributed by atoms with Crippen LogP contribution in [0.3, 0.4) is 0 Å². The van der Waals surface area contributed by atoms with Crippen molar-refractivity contribution in [1.82, 2.24) is 15.1 Å². The predicted molar refractivity (Wildman–Crippen MR) is 112 cm³/mol. The van der Waals surface area contributed by atoms with E-state index in [1.54, 1.807) is 11.9 Å². The van der Waals surface area contributed by atoms with Gasteiger partial charge in [0.15, 0.2) is 0 Å². The van der Waals surface area contributed by atoms with Gasteiger partial charge in [-0.05, 0) is 42.3 Å². The molecule has 0 aliphatic heterocycles. The van der Waals surface area contributed by atoms with Crippen molar-refractivity contribution in [2.45, 2.75) is 13.5 Å². The van der Waals surface area contributed by atoms with E-state index in [1.807, 2.05) is 85.8 Å². The number of benzene rings is 3. The van der Waals surface area contributed by atoms with Gasteiger partial charge < -0.3 is 9.32 Å². The molecule has 4 rings (SSSR count). The summed E-state index contributed by atoms with van der Waals surface area (Å²) >= 11 is 0. The van der Waals surface area contributed by atoms with Gasteiger partial charge in [-0.15, -0.1) is 10.2 Å². The summed E-state index contributed by atoms with van der Waals surface area (Å²) in [5.41, 5.74) is 4.83. The molecule has 0 unspecified atom stereocenters. The molecule has 144 valence electrons. The normalized spacial score (nSPS) is 10.7. The Kier molecular flexibility index (Phi) is 5.20. The van der Waals surface area contributed by atoms with E-state index in [4.69, 9.17) is 4.42 Å². The second-order valence-corrected chi connectivity index (χ2v) is 6.97. The van der Waals surface area contributed by atoms with Gasteiger partial charge in [-0.3, -0.25) is 4.79 Å². The van der Waals surface area contributed by atoms with Crippen molar-refractivity contribution in [3.05, 3.63) is 95.9 Å². The summed E-state index contributed by atoms with van der Waals surface area (Å²) < 4.78 is 5.73. The number of hydrogen-bond acceptors (Lipinski definition) is 4. The van der Waals surface area contributed by atoms with Crippen molar-refractivity contribution < 1.29 is 9.21 Å². The van der Waals surface area contributed by atoms with Gasteiger partial charge in [0.1, 0.15) is 0 Å². The maximum absolute atomic E-state index is 12.7. The summed E-state index contributed by atoms with van der Waals surface area (Å²) in [5.74, 6) is 0.755. The fourth-order valence-electron chi connectivity index (χ4n) is 3.06. The quantitative estimate of drug-likeness (QED) is 0.487. The lowest BCUT2D eigenvalue weighted by molar-refractivity contribution is 0.0773. The van der Waals surface area contributed by atoms with Gasteiger partial charge >= 0.3 is 0 Å². The van der Waals surface area contributed by atoms with Gasteiger partial charge in [0, 0.05) is 18.2 Å². The van der Waals surface area contributed by atoms with Crippen LogP contribution in [0.5, 0.6) is 0 Å². The fourth-order valence-corrected chi connectivity index (χ4v) is 3.06. The molecule has 29 heavy (non-hydrogen) atoms. The third-order valence-electron chi connectivity index (χ3n) is 4.72. The van der Waals surface area contributed by atoms with Crippen LogP contribution in [-0.4, -0.2) is 28.1 Å². The standard InChI is InChI=1S/C24H21N3O2/c1-17-8-10-20(11-9-17)23-26-25-22(29-23)16-27(2)24(28)21-14-12-19(13-15-21)18-6-4-3-5-7-18/h3-15H,16H2,1-2H3. The van der Waals surface area contributed by atoms with Crippen LogP contribution < -0.4 is 0 Å². The first kappa shape index (κ1) is 18.6. The van der Waals surface area contributed by atoms with E-state index >= 15 is 0 Å². The topological polar surface area (TPSA) is 59.2 Å². The highest BCUT2D eigenvalue weighted by atomic mass is 16.4. The number of amides is 1. The van der Waals surface area contributed by atoms with E-state index in [2.05, 4.69) is 10.2 Å². The number of nitrogens with zero attached hydrogens (tertiary/aromatic N) is 3. The number of carbonyl (C=O) groups is 1. The van der Waals surface area contributed by atoms with Crippen molar-refractivity contribution in [2.75, 3.05) is 7.05 Å². The van der Waals surface area contributed by atoms with Crippen molar-refractivity contribution >= 4 is 5.91 Å². The van der Waals surface area contributed by atoms with Crippen LogP contribution in [-0.2, 0) is 6.54 Å². The van der Waals surface area contributed by atoms with Crippen LogP contribution in [0.4, 0.5) is 0 Å². The molecule has 1 heterocycles. The van der Waals surface area contributed by atoms with Gasteiger partial charge in [-0.1, -0.05) is 60.2 Å².